The summed E-state index contributed by atoms with van der Waals surface area (Å²) in [6.45, 7) is 2.56. The highest BCUT2D eigenvalue weighted by molar-refractivity contribution is 5.76. The van der Waals surface area contributed by atoms with Gasteiger partial charge in [0, 0.05) is 26.6 Å². The molecule has 3 atom stereocenters. The largest absolute Gasteiger partial charge is 0.441 e. The predicted octanol–water partition coefficient (Wildman–Crippen LogP) is 2.72. The summed E-state index contributed by atoms with van der Waals surface area (Å²) >= 11 is 0. The van der Waals surface area contributed by atoms with Crippen molar-refractivity contribution in [1.82, 2.24) is 10.3 Å². The fraction of sp³-hybridized carbons (Fsp3) is 0.474. The minimum Gasteiger partial charge on any atom is -0.441 e. The Balaban J connectivity index is 1.49. The van der Waals surface area contributed by atoms with Gasteiger partial charge in [0.2, 0.25) is 5.91 Å². The van der Waals surface area contributed by atoms with E-state index in [0.29, 0.717) is 30.2 Å². The summed E-state index contributed by atoms with van der Waals surface area (Å²) in [7, 11) is 1.62. The average Bonchev–Trinajstić information content (AvgIpc) is 3.08. The van der Waals surface area contributed by atoms with E-state index in [0.717, 1.165) is 6.42 Å². The van der Waals surface area contributed by atoms with E-state index >= 15 is 0 Å². The van der Waals surface area contributed by atoms with Crippen molar-refractivity contribution in [2.24, 2.45) is 0 Å². The van der Waals surface area contributed by atoms with E-state index in [1.165, 1.54) is 12.3 Å². The molecule has 140 valence electrons. The lowest BCUT2D eigenvalue weighted by atomic mass is 9.85. The summed E-state index contributed by atoms with van der Waals surface area (Å²) in [6, 6.07) is 6.30. The third kappa shape index (κ3) is 4.11. The number of rotatable bonds is 8. The molecule has 7 heteroatoms. The summed E-state index contributed by atoms with van der Waals surface area (Å²) in [5.41, 5.74) is 0.357. The first-order valence-corrected chi connectivity index (χ1v) is 8.75. The van der Waals surface area contributed by atoms with Crippen LogP contribution in [0.2, 0.25) is 0 Å². The number of benzene rings is 1. The first kappa shape index (κ1) is 18.5. The first-order chi connectivity index (χ1) is 12.6. The standard InChI is InChI=1S/C19H23FN2O4/c1-3-25-15-10-14(19(15)24-2)22-17(23)8-9-18-21-11-16(26-18)12-6-4-5-7-13(12)20/h4-7,11,14-15,19H,3,8-10H2,1-2H3,(H,22,23)/t14-,15+,19+/m0/s1. The minimum absolute atomic E-state index is 0.0327. The van der Waals surface area contributed by atoms with Crippen LogP contribution < -0.4 is 5.32 Å². The number of aromatic nitrogens is 1. The van der Waals surface area contributed by atoms with E-state index in [4.69, 9.17) is 13.9 Å². The van der Waals surface area contributed by atoms with Crippen LogP contribution >= 0.6 is 0 Å². The second-order valence-corrected chi connectivity index (χ2v) is 6.20. The number of halogens is 1. The third-order valence-corrected chi connectivity index (χ3v) is 4.51. The molecule has 0 aliphatic heterocycles. The molecule has 1 aliphatic rings. The number of methoxy groups -OCH3 is 1. The molecule has 6 nitrogen and oxygen atoms in total. The van der Waals surface area contributed by atoms with E-state index < -0.39 is 0 Å². The maximum Gasteiger partial charge on any atom is 0.220 e. The zero-order valence-corrected chi connectivity index (χ0v) is 14.9. The second kappa shape index (κ2) is 8.42. The van der Waals surface area contributed by atoms with Crippen LogP contribution in [0, 0.1) is 5.82 Å². The number of amides is 1. The van der Waals surface area contributed by atoms with E-state index in [1.807, 2.05) is 6.92 Å². The van der Waals surface area contributed by atoms with Gasteiger partial charge in [-0.1, -0.05) is 12.1 Å². The van der Waals surface area contributed by atoms with Crippen molar-refractivity contribution in [1.29, 1.82) is 0 Å². The summed E-state index contributed by atoms with van der Waals surface area (Å²) in [5, 5.41) is 2.95. The molecule has 0 saturated heterocycles. The van der Waals surface area contributed by atoms with Gasteiger partial charge in [-0.2, -0.15) is 0 Å². The molecule has 1 fully saturated rings. The number of carbonyl (C=O) groups excluding carboxylic acids is 1. The number of hydrogen-bond donors (Lipinski definition) is 1. The molecular weight excluding hydrogens is 339 g/mol. The van der Waals surface area contributed by atoms with Gasteiger partial charge in [0.15, 0.2) is 11.7 Å². The molecular formula is C19H23FN2O4. The normalized spacial score (nSPS) is 22.0. The highest BCUT2D eigenvalue weighted by atomic mass is 19.1. The Morgan fingerprint density at radius 2 is 2.23 bits per heavy atom. The van der Waals surface area contributed by atoms with Gasteiger partial charge >= 0.3 is 0 Å². The molecule has 0 spiro atoms. The van der Waals surface area contributed by atoms with Crippen LogP contribution in [0.4, 0.5) is 4.39 Å². The zero-order valence-electron chi connectivity index (χ0n) is 14.9. The third-order valence-electron chi connectivity index (χ3n) is 4.51. The van der Waals surface area contributed by atoms with Gasteiger partial charge in [0.1, 0.15) is 11.9 Å². The van der Waals surface area contributed by atoms with Crippen molar-refractivity contribution in [2.45, 2.75) is 44.4 Å². The second-order valence-electron chi connectivity index (χ2n) is 6.20. The number of nitrogens with zero attached hydrogens (tertiary/aromatic N) is 1. The van der Waals surface area contributed by atoms with Crippen molar-refractivity contribution < 1.29 is 23.1 Å². The molecule has 1 aliphatic carbocycles. The van der Waals surface area contributed by atoms with Crippen LogP contribution in [0.3, 0.4) is 0 Å². The fourth-order valence-electron chi connectivity index (χ4n) is 3.13. The molecule has 1 amide bonds. The number of nitrogens with one attached hydrogen (secondary N) is 1. The summed E-state index contributed by atoms with van der Waals surface area (Å²) in [6.07, 6.45) is 2.72. The Hall–Kier alpha value is -2.25. The van der Waals surface area contributed by atoms with Gasteiger partial charge in [0.25, 0.3) is 0 Å². The number of aryl methyl sites for hydroxylation is 1. The highest BCUT2D eigenvalue weighted by Crippen LogP contribution is 2.27. The lowest BCUT2D eigenvalue weighted by Crippen LogP contribution is -2.61. The molecule has 1 N–H and O–H groups in total. The van der Waals surface area contributed by atoms with E-state index in [-0.39, 0.29) is 36.4 Å². The Morgan fingerprint density at radius 3 is 2.96 bits per heavy atom. The van der Waals surface area contributed by atoms with Crippen LogP contribution in [-0.4, -0.2) is 42.9 Å². The summed E-state index contributed by atoms with van der Waals surface area (Å²) in [4.78, 5) is 16.3. The Kier molecular flexibility index (Phi) is 6.00. The molecule has 1 aromatic carbocycles. The van der Waals surface area contributed by atoms with Gasteiger partial charge in [-0.25, -0.2) is 9.37 Å². The Morgan fingerprint density at radius 1 is 1.42 bits per heavy atom. The van der Waals surface area contributed by atoms with E-state index in [2.05, 4.69) is 10.3 Å². The van der Waals surface area contributed by atoms with Crippen molar-refractivity contribution >= 4 is 5.91 Å². The fourth-order valence-corrected chi connectivity index (χ4v) is 3.13. The molecule has 1 aromatic heterocycles. The molecule has 3 rings (SSSR count). The molecule has 1 saturated carbocycles. The van der Waals surface area contributed by atoms with Gasteiger partial charge < -0.3 is 19.2 Å². The van der Waals surface area contributed by atoms with E-state index in [1.54, 1.807) is 25.3 Å². The van der Waals surface area contributed by atoms with Gasteiger partial charge in [-0.3, -0.25) is 4.79 Å². The molecule has 0 bridgehead atoms. The van der Waals surface area contributed by atoms with Gasteiger partial charge in [-0.05, 0) is 25.5 Å². The zero-order chi connectivity index (χ0) is 18.5. The number of oxazole rings is 1. The van der Waals surface area contributed by atoms with Gasteiger partial charge in [-0.15, -0.1) is 0 Å². The summed E-state index contributed by atoms with van der Waals surface area (Å²) < 4.78 is 30.3. The van der Waals surface area contributed by atoms with Crippen LogP contribution in [-0.2, 0) is 20.7 Å². The van der Waals surface area contributed by atoms with Crippen molar-refractivity contribution in [2.75, 3.05) is 13.7 Å². The lowest BCUT2D eigenvalue weighted by molar-refractivity contribution is -0.143. The number of carbonyl (C=O) groups is 1. The molecule has 0 unspecified atom stereocenters. The van der Waals surface area contributed by atoms with Crippen molar-refractivity contribution in [3.8, 4) is 11.3 Å². The van der Waals surface area contributed by atoms with Crippen molar-refractivity contribution in [3.63, 3.8) is 0 Å². The van der Waals surface area contributed by atoms with Crippen molar-refractivity contribution in [3.05, 3.63) is 42.2 Å². The minimum atomic E-state index is -0.368. The van der Waals surface area contributed by atoms with Crippen LogP contribution in [0.5, 0.6) is 0 Å². The molecule has 2 aromatic rings. The maximum absolute atomic E-state index is 13.8. The monoisotopic (exact) mass is 362 g/mol. The molecule has 0 radical (unpaired) electrons. The Labute approximate surface area is 151 Å². The van der Waals surface area contributed by atoms with Crippen LogP contribution in [0.15, 0.2) is 34.9 Å². The molecule has 26 heavy (non-hydrogen) atoms. The quantitative estimate of drug-likeness (QED) is 0.782. The molecule has 1 heterocycles. The van der Waals surface area contributed by atoms with Crippen LogP contribution in [0.1, 0.15) is 25.7 Å². The maximum atomic E-state index is 13.8. The SMILES string of the molecule is CCO[C@@H]1C[C@H](NC(=O)CCc2ncc(-c3ccccc3F)o2)[C@H]1OC. The first-order valence-electron chi connectivity index (χ1n) is 8.75. The van der Waals surface area contributed by atoms with Gasteiger partial charge in [0.05, 0.1) is 23.9 Å². The Bertz CT molecular complexity index is 749. The number of hydrogen-bond acceptors (Lipinski definition) is 5. The van der Waals surface area contributed by atoms with Crippen LogP contribution in [0.25, 0.3) is 11.3 Å². The summed E-state index contributed by atoms with van der Waals surface area (Å²) in [5.74, 6) is 0.295. The lowest BCUT2D eigenvalue weighted by Gasteiger charge is -2.43. The highest BCUT2D eigenvalue weighted by Gasteiger charge is 2.42. The van der Waals surface area contributed by atoms with E-state index in [9.17, 15) is 9.18 Å². The topological polar surface area (TPSA) is 73.6 Å². The average molecular weight is 362 g/mol. The smallest absolute Gasteiger partial charge is 0.220 e. The number of ether oxygens (including phenoxy) is 2. The predicted molar refractivity (Wildman–Crippen MR) is 93.0 cm³/mol.